The first kappa shape index (κ1) is 18.8. The number of hydrogen-bond acceptors (Lipinski definition) is 1. The number of hydrogen-bond donors (Lipinski definition) is 1. The maximum absolute atomic E-state index is 3.38. The van der Waals surface area contributed by atoms with Crippen molar-refractivity contribution in [3.8, 4) is 0 Å². The van der Waals surface area contributed by atoms with E-state index in [1.807, 2.05) is 0 Å². The Balaban J connectivity index is 0.00000196. The monoisotopic (exact) mass is 366 g/mol. The van der Waals surface area contributed by atoms with Gasteiger partial charge in [0, 0.05) is 30.2 Å². The molecule has 0 saturated carbocycles. The Morgan fingerprint density at radius 1 is 0.923 bits per heavy atom. The summed E-state index contributed by atoms with van der Waals surface area (Å²) in [4.78, 5) is 5.97. The van der Waals surface area contributed by atoms with E-state index in [9.17, 15) is 0 Å². The summed E-state index contributed by atoms with van der Waals surface area (Å²) in [5.74, 6) is 0. The number of rotatable bonds is 6. The summed E-state index contributed by atoms with van der Waals surface area (Å²) in [6, 6.07) is 19.4. The standard InChI is InChI=1S/C23H26N2.ClH/c1-2-8-19(9-3-1)20-13-16-25(17-14-20)15-7-6-10-21-18-24-23-12-5-4-11-22(21)23;/h1-5,8-9,11-13,18,24H,6-7,10,14-17H2;1H. The lowest BCUT2D eigenvalue weighted by Gasteiger charge is -2.26. The Kier molecular flexibility index (Phi) is 6.54. The van der Waals surface area contributed by atoms with E-state index < -0.39 is 0 Å². The van der Waals surface area contributed by atoms with Crippen LogP contribution in [0.15, 0.2) is 66.9 Å². The van der Waals surface area contributed by atoms with E-state index in [2.05, 4.69) is 76.8 Å². The van der Waals surface area contributed by atoms with Gasteiger partial charge < -0.3 is 4.98 Å². The molecule has 1 N–H and O–H groups in total. The van der Waals surface area contributed by atoms with Crippen LogP contribution in [0.25, 0.3) is 16.5 Å². The van der Waals surface area contributed by atoms with Crippen LogP contribution in [0, 0.1) is 0 Å². The zero-order chi connectivity index (χ0) is 16.9. The van der Waals surface area contributed by atoms with E-state index in [1.54, 1.807) is 0 Å². The summed E-state index contributed by atoms with van der Waals surface area (Å²) in [7, 11) is 0. The van der Waals surface area contributed by atoms with Crippen molar-refractivity contribution in [1.82, 2.24) is 9.88 Å². The van der Waals surface area contributed by atoms with Crippen LogP contribution in [0.5, 0.6) is 0 Å². The molecule has 0 fully saturated rings. The minimum atomic E-state index is 0. The molecule has 0 atom stereocenters. The van der Waals surface area contributed by atoms with Gasteiger partial charge in [0.15, 0.2) is 0 Å². The van der Waals surface area contributed by atoms with Gasteiger partial charge >= 0.3 is 0 Å². The Hall–Kier alpha value is -2.03. The molecular formula is C23H27ClN2. The molecule has 26 heavy (non-hydrogen) atoms. The normalized spacial score (nSPS) is 14.8. The first-order valence-corrected chi connectivity index (χ1v) is 9.42. The van der Waals surface area contributed by atoms with Crippen molar-refractivity contribution < 1.29 is 0 Å². The number of para-hydroxylation sites is 1. The Bertz CT molecular complexity index is 851. The number of aromatic nitrogens is 1. The summed E-state index contributed by atoms with van der Waals surface area (Å²) in [6.45, 7) is 3.49. The Morgan fingerprint density at radius 3 is 2.54 bits per heavy atom. The molecule has 0 saturated heterocycles. The molecule has 0 spiro atoms. The molecule has 0 radical (unpaired) electrons. The number of aromatic amines is 1. The molecule has 136 valence electrons. The van der Waals surface area contributed by atoms with Crippen LogP contribution >= 0.6 is 12.4 Å². The number of aryl methyl sites for hydroxylation is 1. The third-order valence-electron chi connectivity index (χ3n) is 5.28. The van der Waals surface area contributed by atoms with Crippen molar-refractivity contribution in [3.63, 3.8) is 0 Å². The van der Waals surface area contributed by atoms with Crippen LogP contribution in [0.3, 0.4) is 0 Å². The molecule has 0 amide bonds. The van der Waals surface area contributed by atoms with E-state index in [4.69, 9.17) is 0 Å². The summed E-state index contributed by atoms with van der Waals surface area (Å²) in [6.07, 6.45) is 9.47. The van der Waals surface area contributed by atoms with E-state index in [0.29, 0.717) is 0 Å². The summed E-state index contributed by atoms with van der Waals surface area (Å²) in [5.41, 5.74) is 5.62. The van der Waals surface area contributed by atoms with E-state index >= 15 is 0 Å². The summed E-state index contributed by atoms with van der Waals surface area (Å²) < 4.78 is 0. The van der Waals surface area contributed by atoms with E-state index in [-0.39, 0.29) is 12.4 Å². The number of nitrogens with one attached hydrogen (secondary N) is 1. The van der Waals surface area contributed by atoms with Gasteiger partial charge in [-0.15, -0.1) is 12.4 Å². The highest BCUT2D eigenvalue weighted by atomic mass is 35.5. The van der Waals surface area contributed by atoms with Crippen molar-refractivity contribution in [2.75, 3.05) is 19.6 Å². The minimum absolute atomic E-state index is 0. The van der Waals surface area contributed by atoms with Crippen molar-refractivity contribution in [3.05, 3.63) is 78.0 Å². The molecule has 2 aromatic carbocycles. The first-order valence-electron chi connectivity index (χ1n) is 9.42. The molecule has 1 aliphatic heterocycles. The molecule has 1 aromatic heterocycles. The molecule has 4 rings (SSSR count). The highest BCUT2D eigenvalue weighted by Gasteiger charge is 2.12. The van der Waals surface area contributed by atoms with Crippen LogP contribution in [-0.4, -0.2) is 29.5 Å². The lowest BCUT2D eigenvalue weighted by Crippen LogP contribution is -2.29. The lowest BCUT2D eigenvalue weighted by molar-refractivity contribution is 0.295. The van der Waals surface area contributed by atoms with E-state index in [1.165, 1.54) is 66.4 Å². The van der Waals surface area contributed by atoms with Crippen LogP contribution < -0.4 is 0 Å². The summed E-state index contributed by atoms with van der Waals surface area (Å²) >= 11 is 0. The van der Waals surface area contributed by atoms with E-state index in [0.717, 1.165) is 6.54 Å². The molecular weight excluding hydrogens is 340 g/mol. The molecule has 0 aliphatic carbocycles. The van der Waals surface area contributed by atoms with Crippen molar-refractivity contribution in [2.24, 2.45) is 0 Å². The highest BCUT2D eigenvalue weighted by Crippen LogP contribution is 2.23. The largest absolute Gasteiger partial charge is 0.361 e. The minimum Gasteiger partial charge on any atom is -0.361 e. The number of H-pyrrole nitrogens is 1. The van der Waals surface area contributed by atoms with Gasteiger partial charge in [-0.2, -0.15) is 0 Å². The average molecular weight is 367 g/mol. The van der Waals surface area contributed by atoms with Gasteiger partial charge in [-0.1, -0.05) is 54.6 Å². The number of nitrogens with zero attached hydrogens (tertiary/aromatic N) is 1. The van der Waals surface area contributed by atoms with Crippen molar-refractivity contribution in [2.45, 2.75) is 25.7 Å². The molecule has 2 nitrogen and oxygen atoms in total. The Labute approximate surface area is 162 Å². The first-order chi connectivity index (χ1) is 12.4. The molecule has 0 unspecified atom stereocenters. The van der Waals surface area contributed by atoms with Gasteiger partial charge in [0.25, 0.3) is 0 Å². The quantitative estimate of drug-likeness (QED) is 0.554. The predicted octanol–water partition coefficient (Wildman–Crippen LogP) is 5.70. The summed E-state index contributed by atoms with van der Waals surface area (Å²) in [5, 5.41) is 1.39. The second-order valence-electron chi connectivity index (χ2n) is 6.96. The second-order valence-corrected chi connectivity index (χ2v) is 6.96. The Morgan fingerprint density at radius 2 is 1.73 bits per heavy atom. The highest BCUT2D eigenvalue weighted by molar-refractivity contribution is 5.85. The van der Waals surface area contributed by atoms with Crippen LogP contribution in [0.2, 0.25) is 0 Å². The maximum Gasteiger partial charge on any atom is 0.0456 e. The maximum atomic E-state index is 3.38. The van der Waals surface area contributed by atoms with Gasteiger partial charge in [0.2, 0.25) is 0 Å². The number of fused-ring (bicyclic) bond motifs is 1. The lowest BCUT2D eigenvalue weighted by atomic mass is 9.99. The molecule has 2 heterocycles. The second kappa shape index (κ2) is 9.07. The number of unbranched alkanes of at least 4 members (excludes halogenated alkanes) is 1. The van der Waals surface area contributed by atoms with Gasteiger partial charge in [0.05, 0.1) is 0 Å². The van der Waals surface area contributed by atoms with Crippen molar-refractivity contribution in [1.29, 1.82) is 0 Å². The number of halogens is 1. The fraction of sp³-hybridized carbons (Fsp3) is 0.304. The molecule has 3 heteroatoms. The van der Waals surface area contributed by atoms with Gasteiger partial charge in [-0.3, -0.25) is 4.90 Å². The molecule has 1 aliphatic rings. The zero-order valence-electron chi connectivity index (χ0n) is 15.2. The average Bonchev–Trinajstić information content (AvgIpc) is 3.10. The molecule has 0 bridgehead atoms. The number of benzene rings is 2. The third-order valence-corrected chi connectivity index (χ3v) is 5.28. The zero-order valence-corrected chi connectivity index (χ0v) is 16.0. The third kappa shape index (κ3) is 4.38. The van der Waals surface area contributed by atoms with Gasteiger partial charge in [-0.25, -0.2) is 0 Å². The SMILES string of the molecule is C1=C(c2ccccc2)CCN(CCCCc2c[nH]c3ccccc23)C1.Cl. The fourth-order valence-corrected chi connectivity index (χ4v) is 3.82. The van der Waals surface area contributed by atoms with Crippen molar-refractivity contribution >= 4 is 28.9 Å². The fourth-order valence-electron chi connectivity index (χ4n) is 3.82. The predicted molar refractivity (Wildman–Crippen MR) is 114 cm³/mol. The smallest absolute Gasteiger partial charge is 0.0456 e. The van der Waals surface area contributed by atoms with Crippen LogP contribution in [0.1, 0.15) is 30.4 Å². The van der Waals surface area contributed by atoms with Crippen LogP contribution in [-0.2, 0) is 6.42 Å². The molecule has 3 aromatic rings. The topological polar surface area (TPSA) is 19.0 Å². The van der Waals surface area contributed by atoms with Crippen LogP contribution in [0.4, 0.5) is 0 Å². The van der Waals surface area contributed by atoms with Gasteiger partial charge in [0.1, 0.15) is 0 Å². The van der Waals surface area contributed by atoms with Gasteiger partial charge in [-0.05, 0) is 55.0 Å².